The van der Waals surface area contributed by atoms with Gasteiger partial charge in [-0.15, -0.1) is 0 Å². The molecule has 30 heavy (non-hydrogen) atoms. The van der Waals surface area contributed by atoms with Crippen LogP contribution in [0.15, 0.2) is 0 Å². The van der Waals surface area contributed by atoms with Crippen molar-refractivity contribution >= 4 is 0 Å². The predicted octanol–water partition coefficient (Wildman–Crippen LogP) is 4.14. The van der Waals surface area contributed by atoms with E-state index >= 15 is 0 Å². The second-order valence-corrected chi connectivity index (χ2v) is 12.9. The van der Waals surface area contributed by atoms with Crippen LogP contribution >= 0.6 is 0 Å². The molecule has 4 saturated carbocycles. The maximum absolute atomic E-state index is 11.6. The van der Waals surface area contributed by atoms with Crippen LogP contribution in [-0.4, -0.2) is 44.3 Å². The first-order valence-corrected chi connectivity index (χ1v) is 12.6. The van der Waals surface area contributed by atoms with Crippen molar-refractivity contribution < 1.29 is 20.4 Å². The molecular formula is C26H46O4. The van der Waals surface area contributed by atoms with E-state index in [1.165, 1.54) is 0 Å². The Balaban J connectivity index is 1.59. The summed E-state index contributed by atoms with van der Waals surface area (Å²) in [6.07, 6.45) is 7.46. The molecule has 0 aromatic carbocycles. The van der Waals surface area contributed by atoms with Crippen LogP contribution in [0.2, 0.25) is 0 Å². The van der Waals surface area contributed by atoms with Crippen molar-refractivity contribution in [2.24, 2.45) is 46.3 Å². The molecule has 4 rings (SSSR count). The van der Waals surface area contributed by atoms with Gasteiger partial charge in [-0.25, -0.2) is 0 Å². The van der Waals surface area contributed by atoms with Gasteiger partial charge in [0.25, 0.3) is 0 Å². The number of hydrogen-bond donors (Lipinski definition) is 4. The Morgan fingerprint density at radius 3 is 2.33 bits per heavy atom. The van der Waals surface area contributed by atoms with Crippen molar-refractivity contribution in [1.29, 1.82) is 0 Å². The summed E-state index contributed by atoms with van der Waals surface area (Å²) in [5.74, 6) is 2.30. The fraction of sp³-hybridized carbons (Fsp3) is 1.00. The molecule has 174 valence electrons. The molecule has 0 spiro atoms. The third-order valence-electron chi connectivity index (χ3n) is 10.7. The van der Waals surface area contributed by atoms with Gasteiger partial charge in [-0.3, -0.25) is 0 Å². The number of aliphatic hydroxyl groups excluding tert-OH is 3. The smallest absolute Gasteiger partial charge is 0.0602 e. The Morgan fingerprint density at radius 2 is 1.67 bits per heavy atom. The first-order chi connectivity index (χ1) is 13.9. The molecule has 4 N–H and O–H groups in total. The molecule has 0 amide bonds. The van der Waals surface area contributed by atoms with Gasteiger partial charge in [0, 0.05) is 0 Å². The summed E-state index contributed by atoms with van der Waals surface area (Å²) >= 11 is 0. The summed E-state index contributed by atoms with van der Waals surface area (Å²) in [6, 6.07) is 0. The summed E-state index contributed by atoms with van der Waals surface area (Å²) in [7, 11) is 0. The molecule has 4 nitrogen and oxygen atoms in total. The van der Waals surface area contributed by atoms with E-state index in [2.05, 4.69) is 20.8 Å². The molecule has 0 aromatic rings. The Morgan fingerprint density at radius 1 is 0.967 bits per heavy atom. The summed E-state index contributed by atoms with van der Waals surface area (Å²) in [5, 5.41) is 43.4. The zero-order chi connectivity index (χ0) is 22.1. The van der Waals surface area contributed by atoms with Crippen LogP contribution in [0.3, 0.4) is 0 Å². The minimum Gasteiger partial charge on any atom is -0.393 e. The predicted molar refractivity (Wildman–Crippen MR) is 119 cm³/mol. The third kappa shape index (κ3) is 3.58. The highest BCUT2D eigenvalue weighted by atomic mass is 16.3. The lowest BCUT2D eigenvalue weighted by molar-refractivity contribution is -0.207. The van der Waals surface area contributed by atoms with Gasteiger partial charge in [-0.1, -0.05) is 20.8 Å². The number of hydrogen-bond acceptors (Lipinski definition) is 4. The molecule has 11 atom stereocenters. The van der Waals surface area contributed by atoms with Gasteiger partial charge in [0.05, 0.1) is 23.9 Å². The monoisotopic (exact) mass is 422 g/mol. The topological polar surface area (TPSA) is 80.9 Å². The van der Waals surface area contributed by atoms with E-state index in [-0.39, 0.29) is 35.1 Å². The summed E-state index contributed by atoms with van der Waals surface area (Å²) in [4.78, 5) is 0. The van der Waals surface area contributed by atoms with Crippen LogP contribution in [0.1, 0.15) is 92.4 Å². The van der Waals surface area contributed by atoms with Crippen molar-refractivity contribution in [3.8, 4) is 0 Å². The molecule has 4 fully saturated rings. The Labute approximate surface area is 183 Å². The Bertz CT molecular complexity index is 629. The zero-order valence-electron chi connectivity index (χ0n) is 19.8. The number of fused-ring (bicyclic) bond motifs is 5. The summed E-state index contributed by atoms with van der Waals surface area (Å²) < 4.78 is 0. The lowest BCUT2D eigenvalue weighted by atomic mass is 9.43. The largest absolute Gasteiger partial charge is 0.393 e. The SMILES string of the molecule is C[C@@H](CCC(C)(C)O)[C@@H]1CC[C@@H]2[C@H]3[C@H](O)C[C@H]4C[C@@H](O)CC[C@]4(C)[C@@H]3C[C@@H](O)[C@]21C. The van der Waals surface area contributed by atoms with Gasteiger partial charge in [0.2, 0.25) is 0 Å². The molecule has 4 aliphatic rings. The van der Waals surface area contributed by atoms with Crippen LogP contribution in [0.25, 0.3) is 0 Å². The van der Waals surface area contributed by atoms with Crippen LogP contribution < -0.4 is 0 Å². The minimum atomic E-state index is -0.641. The third-order valence-corrected chi connectivity index (χ3v) is 10.7. The highest BCUT2D eigenvalue weighted by molar-refractivity contribution is 5.14. The summed E-state index contributed by atoms with van der Waals surface area (Å²) in [5.41, 5.74) is -0.646. The molecule has 0 saturated heterocycles. The Kier molecular flexibility index (Phi) is 5.92. The van der Waals surface area contributed by atoms with Gasteiger partial charge in [0.1, 0.15) is 0 Å². The van der Waals surface area contributed by atoms with Gasteiger partial charge in [0.15, 0.2) is 0 Å². The number of aliphatic hydroxyl groups is 4. The lowest BCUT2D eigenvalue weighted by Crippen LogP contribution is -2.62. The molecule has 0 radical (unpaired) electrons. The van der Waals surface area contributed by atoms with Crippen molar-refractivity contribution in [3.63, 3.8) is 0 Å². The normalized spacial score (nSPS) is 52.3. The van der Waals surface area contributed by atoms with Crippen LogP contribution in [0.4, 0.5) is 0 Å². The average molecular weight is 423 g/mol. The Hall–Kier alpha value is -0.160. The fourth-order valence-electron chi connectivity index (χ4n) is 8.91. The van der Waals surface area contributed by atoms with E-state index in [4.69, 9.17) is 0 Å². The van der Waals surface area contributed by atoms with Crippen LogP contribution in [-0.2, 0) is 0 Å². The molecule has 0 aliphatic heterocycles. The number of rotatable bonds is 4. The van der Waals surface area contributed by atoms with E-state index in [0.29, 0.717) is 29.6 Å². The van der Waals surface area contributed by atoms with Crippen LogP contribution in [0.5, 0.6) is 0 Å². The fourth-order valence-corrected chi connectivity index (χ4v) is 8.91. The van der Waals surface area contributed by atoms with Crippen molar-refractivity contribution in [3.05, 3.63) is 0 Å². The highest BCUT2D eigenvalue weighted by Crippen LogP contribution is 2.68. The maximum Gasteiger partial charge on any atom is 0.0602 e. The van der Waals surface area contributed by atoms with Gasteiger partial charge < -0.3 is 20.4 Å². The average Bonchev–Trinajstić information content (AvgIpc) is 3.00. The first-order valence-electron chi connectivity index (χ1n) is 12.6. The maximum atomic E-state index is 11.6. The molecular weight excluding hydrogens is 376 g/mol. The second kappa shape index (κ2) is 7.71. The molecule has 0 heterocycles. The van der Waals surface area contributed by atoms with E-state index < -0.39 is 5.60 Å². The molecule has 0 aromatic heterocycles. The quantitative estimate of drug-likeness (QED) is 0.549. The van der Waals surface area contributed by atoms with Crippen molar-refractivity contribution in [2.75, 3.05) is 0 Å². The zero-order valence-corrected chi connectivity index (χ0v) is 19.8. The lowest BCUT2D eigenvalue weighted by Gasteiger charge is -2.63. The van der Waals surface area contributed by atoms with E-state index in [9.17, 15) is 20.4 Å². The molecule has 4 heteroatoms. The highest BCUT2D eigenvalue weighted by Gasteiger charge is 2.65. The van der Waals surface area contributed by atoms with Gasteiger partial charge >= 0.3 is 0 Å². The van der Waals surface area contributed by atoms with E-state index in [1.54, 1.807) is 0 Å². The molecule has 0 bridgehead atoms. The van der Waals surface area contributed by atoms with Crippen LogP contribution in [0, 0.1) is 46.3 Å². The second-order valence-electron chi connectivity index (χ2n) is 12.9. The van der Waals surface area contributed by atoms with E-state index in [0.717, 1.165) is 57.8 Å². The molecule has 4 aliphatic carbocycles. The standard InChI is InChI=1S/C26H46O4/c1-15(8-10-24(2,3)30)18-6-7-19-23-20(14-22(29)26(18,19)5)25(4)11-9-17(27)12-16(25)13-21(23)28/h15-23,27-30H,6-14H2,1-5H3/t15-,16+,17-,18-,19+,20+,21+,22+,23+,25-,26-/m0/s1. The minimum absolute atomic E-state index is 0.135. The van der Waals surface area contributed by atoms with Gasteiger partial charge in [-0.05, 0) is 118 Å². The van der Waals surface area contributed by atoms with Crippen molar-refractivity contribution in [1.82, 2.24) is 0 Å². The summed E-state index contributed by atoms with van der Waals surface area (Å²) in [6.45, 7) is 10.8. The first kappa shape index (κ1) is 23.0. The van der Waals surface area contributed by atoms with E-state index in [1.807, 2.05) is 13.8 Å². The molecule has 0 unspecified atom stereocenters. The van der Waals surface area contributed by atoms with Crippen molar-refractivity contribution in [2.45, 2.75) is 116 Å². The van der Waals surface area contributed by atoms with Gasteiger partial charge in [-0.2, -0.15) is 0 Å².